The first-order valence-electron chi connectivity index (χ1n) is 10.2. The van der Waals surface area contributed by atoms with Crippen molar-refractivity contribution < 1.29 is 9.18 Å². The van der Waals surface area contributed by atoms with E-state index in [1.54, 1.807) is 23.1 Å². The third-order valence-corrected chi connectivity index (χ3v) is 6.16. The van der Waals surface area contributed by atoms with Crippen molar-refractivity contribution in [3.05, 3.63) is 100.0 Å². The Kier molecular flexibility index (Phi) is 4.91. The number of anilines is 1. The molecule has 6 heteroatoms. The first-order chi connectivity index (χ1) is 15.0. The molecule has 2 heterocycles. The Bertz CT molecular complexity index is 1280. The van der Waals surface area contributed by atoms with Gasteiger partial charge < -0.3 is 15.2 Å². The van der Waals surface area contributed by atoms with E-state index in [1.807, 2.05) is 37.3 Å². The number of halogens is 2. The zero-order chi connectivity index (χ0) is 21.5. The summed E-state index contributed by atoms with van der Waals surface area (Å²) >= 11 is 6.34. The van der Waals surface area contributed by atoms with Crippen molar-refractivity contribution in [2.45, 2.75) is 19.4 Å². The van der Waals surface area contributed by atoms with E-state index in [0.717, 1.165) is 34.1 Å². The van der Waals surface area contributed by atoms with Crippen molar-refractivity contribution in [1.29, 1.82) is 0 Å². The third-order valence-electron chi connectivity index (χ3n) is 5.85. The molecule has 1 aliphatic heterocycles. The molecule has 5 rings (SSSR count). The van der Waals surface area contributed by atoms with Crippen molar-refractivity contribution in [2.75, 3.05) is 11.9 Å². The van der Waals surface area contributed by atoms with Gasteiger partial charge in [0.2, 0.25) is 0 Å². The molecule has 0 fully saturated rings. The highest BCUT2D eigenvalue weighted by atomic mass is 35.5. The summed E-state index contributed by atoms with van der Waals surface area (Å²) < 4.78 is 13.6. The van der Waals surface area contributed by atoms with Gasteiger partial charge in [0.05, 0.1) is 16.8 Å². The van der Waals surface area contributed by atoms with Crippen molar-refractivity contribution >= 4 is 34.2 Å². The van der Waals surface area contributed by atoms with Crippen LogP contribution in [0.5, 0.6) is 0 Å². The molecule has 0 spiro atoms. The lowest BCUT2D eigenvalue weighted by atomic mass is 9.92. The van der Waals surface area contributed by atoms with Crippen LogP contribution in [0.4, 0.5) is 14.9 Å². The van der Waals surface area contributed by atoms with Gasteiger partial charge in [0.1, 0.15) is 5.82 Å². The molecule has 1 aliphatic rings. The summed E-state index contributed by atoms with van der Waals surface area (Å²) in [4.78, 5) is 18.6. The first kappa shape index (κ1) is 19.6. The van der Waals surface area contributed by atoms with E-state index in [0.29, 0.717) is 17.3 Å². The number of carbonyl (C=O) groups is 1. The number of para-hydroxylation sites is 1. The maximum atomic E-state index is 13.6. The highest BCUT2D eigenvalue weighted by Gasteiger charge is 2.34. The van der Waals surface area contributed by atoms with Crippen molar-refractivity contribution in [2.24, 2.45) is 0 Å². The van der Waals surface area contributed by atoms with Gasteiger partial charge in [0.15, 0.2) is 0 Å². The van der Waals surface area contributed by atoms with Crippen LogP contribution in [0.2, 0.25) is 5.02 Å². The van der Waals surface area contributed by atoms with Crippen LogP contribution in [-0.2, 0) is 6.42 Å². The molecular weight excluding hydrogens is 413 g/mol. The number of nitrogens with zero attached hydrogens (tertiary/aromatic N) is 1. The molecule has 0 aliphatic carbocycles. The number of benzene rings is 3. The molecule has 0 saturated heterocycles. The number of hydrogen-bond donors (Lipinski definition) is 2. The number of aryl methyl sites for hydroxylation is 1. The second-order valence-corrected chi connectivity index (χ2v) is 8.28. The van der Waals surface area contributed by atoms with Crippen LogP contribution in [-0.4, -0.2) is 22.5 Å². The Morgan fingerprint density at radius 3 is 2.68 bits per heavy atom. The zero-order valence-corrected chi connectivity index (χ0v) is 17.7. The summed E-state index contributed by atoms with van der Waals surface area (Å²) in [6.45, 7) is 2.48. The van der Waals surface area contributed by atoms with Crippen LogP contribution >= 0.6 is 11.6 Å². The maximum Gasteiger partial charge on any atom is 0.322 e. The van der Waals surface area contributed by atoms with E-state index in [4.69, 9.17) is 11.6 Å². The second-order valence-electron chi connectivity index (χ2n) is 7.87. The SMILES string of the molecule is Cc1ccc(NC(=O)N2CCc3c([nH]c4ccccc34)[C@@H]2c2ccc(F)cc2)c(Cl)c1. The van der Waals surface area contributed by atoms with Crippen molar-refractivity contribution in [3.8, 4) is 0 Å². The van der Waals surface area contributed by atoms with E-state index in [2.05, 4.69) is 16.4 Å². The molecule has 2 N–H and O–H groups in total. The van der Waals surface area contributed by atoms with E-state index in [-0.39, 0.29) is 17.9 Å². The molecule has 156 valence electrons. The number of aromatic amines is 1. The number of rotatable bonds is 2. The summed E-state index contributed by atoms with van der Waals surface area (Å²) in [6.07, 6.45) is 0.728. The maximum absolute atomic E-state index is 13.6. The van der Waals surface area contributed by atoms with Crippen molar-refractivity contribution in [1.82, 2.24) is 9.88 Å². The van der Waals surface area contributed by atoms with Crippen LogP contribution in [0.25, 0.3) is 10.9 Å². The molecule has 31 heavy (non-hydrogen) atoms. The number of nitrogens with one attached hydrogen (secondary N) is 2. The highest BCUT2D eigenvalue weighted by Crippen LogP contribution is 2.39. The molecule has 2 amide bonds. The van der Waals surface area contributed by atoms with Crippen LogP contribution in [0, 0.1) is 12.7 Å². The Morgan fingerprint density at radius 2 is 1.90 bits per heavy atom. The number of aromatic nitrogens is 1. The summed E-state index contributed by atoms with van der Waals surface area (Å²) in [6, 6.07) is 19.4. The smallest absolute Gasteiger partial charge is 0.322 e. The van der Waals surface area contributed by atoms with Crippen LogP contribution in [0.3, 0.4) is 0 Å². The summed E-state index contributed by atoms with van der Waals surface area (Å²) in [5.41, 5.74) is 5.62. The minimum atomic E-state index is -0.360. The minimum Gasteiger partial charge on any atom is -0.356 e. The standard InChI is InChI=1S/C25H21ClFN3O/c1-15-6-11-22(20(26)14-15)29-25(31)30-13-12-19-18-4-2-3-5-21(18)28-23(19)24(30)16-7-9-17(27)10-8-16/h2-11,14,24,28H,12-13H2,1H3,(H,29,31)/t24-/m0/s1. The van der Waals surface area contributed by atoms with Gasteiger partial charge in [-0.25, -0.2) is 9.18 Å². The quantitative estimate of drug-likeness (QED) is 0.375. The average Bonchev–Trinajstić information content (AvgIpc) is 3.14. The molecule has 0 radical (unpaired) electrons. The lowest BCUT2D eigenvalue weighted by Crippen LogP contribution is -2.43. The van der Waals surface area contributed by atoms with E-state index < -0.39 is 0 Å². The van der Waals surface area contributed by atoms with Crippen molar-refractivity contribution in [3.63, 3.8) is 0 Å². The Hall–Kier alpha value is -3.31. The third kappa shape index (κ3) is 3.55. The summed E-state index contributed by atoms with van der Waals surface area (Å²) in [5, 5.41) is 4.60. The van der Waals surface area contributed by atoms with E-state index in [9.17, 15) is 9.18 Å². The second kappa shape index (κ2) is 7.75. The fraction of sp³-hybridized carbons (Fsp3) is 0.160. The number of urea groups is 1. The molecule has 4 nitrogen and oxygen atoms in total. The predicted molar refractivity (Wildman–Crippen MR) is 122 cm³/mol. The lowest BCUT2D eigenvalue weighted by molar-refractivity contribution is 0.193. The summed E-state index contributed by atoms with van der Waals surface area (Å²) in [5.74, 6) is -0.307. The molecule has 0 unspecified atom stereocenters. The zero-order valence-electron chi connectivity index (χ0n) is 17.0. The fourth-order valence-corrected chi connectivity index (χ4v) is 4.64. The fourth-order valence-electron chi connectivity index (χ4n) is 4.36. The van der Waals surface area contributed by atoms with Gasteiger partial charge in [-0.2, -0.15) is 0 Å². The van der Waals surface area contributed by atoms with Gasteiger partial charge >= 0.3 is 6.03 Å². The van der Waals surface area contributed by atoms with Crippen LogP contribution in [0.15, 0.2) is 66.7 Å². The largest absolute Gasteiger partial charge is 0.356 e. The molecule has 1 aromatic heterocycles. The summed E-state index contributed by atoms with van der Waals surface area (Å²) in [7, 11) is 0. The molecule has 3 aromatic carbocycles. The van der Waals surface area contributed by atoms with Gasteiger partial charge in [-0.15, -0.1) is 0 Å². The average molecular weight is 434 g/mol. The molecular formula is C25H21ClFN3O. The number of amides is 2. The van der Waals surface area contributed by atoms with Gasteiger partial charge in [0.25, 0.3) is 0 Å². The van der Waals surface area contributed by atoms with E-state index >= 15 is 0 Å². The number of hydrogen-bond acceptors (Lipinski definition) is 1. The Labute approximate surface area is 184 Å². The molecule has 1 atom stereocenters. The highest BCUT2D eigenvalue weighted by molar-refractivity contribution is 6.33. The lowest BCUT2D eigenvalue weighted by Gasteiger charge is -2.36. The van der Waals surface area contributed by atoms with Gasteiger partial charge in [0, 0.05) is 23.1 Å². The van der Waals surface area contributed by atoms with Gasteiger partial charge in [-0.1, -0.05) is 48.0 Å². The molecule has 0 bridgehead atoms. The molecule has 4 aromatic rings. The Morgan fingerprint density at radius 1 is 1.13 bits per heavy atom. The monoisotopic (exact) mass is 433 g/mol. The number of H-pyrrole nitrogens is 1. The first-order valence-corrected chi connectivity index (χ1v) is 10.6. The Balaban J connectivity index is 1.57. The normalized spacial score (nSPS) is 15.7. The van der Waals surface area contributed by atoms with Gasteiger partial charge in [-0.3, -0.25) is 0 Å². The topological polar surface area (TPSA) is 48.1 Å². The van der Waals surface area contributed by atoms with E-state index in [1.165, 1.54) is 17.7 Å². The number of fused-ring (bicyclic) bond motifs is 3. The van der Waals surface area contributed by atoms with Crippen LogP contribution < -0.4 is 5.32 Å². The van der Waals surface area contributed by atoms with Gasteiger partial charge in [-0.05, 0) is 60.4 Å². The number of carbonyl (C=O) groups excluding carboxylic acids is 1. The minimum absolute atomic E-state index is 0.246. The van der Waals surface area contributed by atoms with Crippen LogP contribution in [0.1, 0.15) is 28.4 Å². The predicted octanol–water partition coefficient (Wildman–Crippen LogP) is 6.45. The molecule has 0 saturated carbocycles.